The fourth-order valence-electron chi connectivity index (χ4n) is 1.67. The summed E-state index contributed by atoms with van der Waals surface area (Å²) in [7, 11) is 0. The predicted molar refractivity (Wildman–Crippen MR) is 75.1 cm³/mol. The third kappa shape index (κ3) is 3.78. The molecule has 1 aromatic rings. The van der Waals surface area contributed by atoms with Gasteiger partial charge in [0, 0.05) is 40.8 Å². The molecule has 2 rings (SSSR count). The summed E-state index contributed by atoms with van der Waals surface area (Å²) in [6.07, 6.45) is 0. The second kappa shape index (κ2) is 6.29. The summed E-state index contributed by atoms with van der Waals surface area (Å²) >= 11 is 3.79. The standard InChI is InChI=1S/C11H13FN2O2S2/c12-8-3-9(5-10(4-8)14(15)16)13-6-11-7-17-1-2-18-11/h3-5,11,13H,1-2,6-7H2. The molecule has 1 fully saturated rings. The van der Waals surface area contributed by atoms with Crippen molar-refractivity contribution >= 4 is 34.9 Å². The van der Waals surface area contributed by atoms with Crippen molar-refractivity contribution in [2.45, 2.75) is 5.25 Å². The zero-order valence-corrected chi connectivity index (χ0v) is 11.2. The van der Waals surface area contributed by atoms with Gasteiger partial charge in [0.15, 0.2) is 0 Å². The van der Waals surface area contributed by atoms with Crippen LogP contribution in [0.1, 0.15) is 0 Å². The number of nitrogens with zero attached hydrogens (tertiary/aromatic N) is 1. The van der Waals surface area contributed by atoms with Gasteiger partial charge in [-0.2, -0.15) is 23.5 Å². The van der Waals surface area contributed by atoms with Crippen LogP contribution < -0.4 is 5.32 Å². The zero-order valence-electron chi connectivity index (χ0n) is 9.60. The van der Waals surface area contributed by atoms with Crippen LogP contribution in [0.3, 0.4) is 0 Å². The molecule has 4 nitrogen and oxygen atoms in total. The zero-order chi connectivity index (χ0) is 13.0. The van der Waals surface area contributed by atoms with Gasteiger partial charge in [-0.3, -0.25) is 10.1 Å². The van der Waals surface area contributed by atoms with E-state index in [9.17, 15) is 14.5 Å². The van der Waals surface area contributed by atoms with Crippen molar-refractivity contribution in [2.24, 2.45) is 0 Å². The lowest BCUT2D eigenvalue weighted by Crippen LogP contribution is -2.23. The lowest BCUT2D eigenvalue weighted by molar-refractivity contribution is -0.385. The van der Waals surface area contributed by atoms with Crippen molar-refractivity contribution in [3.63, 3.8) is 0 Å². The van der Waals surface area contributed by atoms with Crippen molar-refractivity contribution in [3.05, 3.63) is 34.1 Å². The molecule has 18 heavy (non-hydrogen) atoms. The van der Waals surface area contributed by atoms with Gasteiger partial charge in [-0.15, -0.1) is 0 Å². The smallest absolute Gasteiger partial charge is 0.274 e. The van der Waals surface area contributed by atoms with E-state index in [1.165, 1.54) is 17.9 Å². The highest BCUT2D eigenvalue weighted by molar-refractivity contribution is 8.06. The molecule has 0 spiro atoms. The molecule has 7 heteroatoms. The molecule has 0 radical (unpaired) electrons. The maximum absolute atomic E-state index is 13.2. The number of halogens is 1. The Balaban J connectivity index is 1.97. The minimum atomic E-state index is -0.586. The van der Waals surface area contributed by atoms with Crippen LogP contribution in [-0.4, -0.2) is 34.0 Å². The van der Waals surface area contributed by atoms with Crippen LogP contribution in [0.2, 0.25) is 0 Å². The highest BCUT2D eigenvalue weighted by Gasteiger charge is 2.15. The quantitative estimate of drug-likeness (QED) is 0.682. The Morgan fingerprint density at radius 1 is 1.44 bits per heavy atom. The maximum atomic E-state index is 13.2. The fraction of sp³-hybridized carbons (Fsp3) is 0.455. The minimum absolute atomic E-state index is 0.219. The third-order valence-corrected chi connectivity index (χ3v) is 5.36. The van der Waals surface area contributed by atoms with E-state index in [1.807, 2.05) is 23.5 Å². The Morgan fingerprint density at radius 2 is 2.28 bits per heavy atom. The Hall–Kier alpha value is -0.950. The van der Waals surface area contributed by atoms with Crippen molar-refractivity contribution in [1.29, 1.82) is 0 Å². The van der Waals surface area contributed by atoms with Gasteiger partial charge in [-0.1, -0.05) is 0 Å². The summed E-state index contributed by atoms with van der Waals surface area (Å²) < 4.78 is 13.2. The van der Waals surface area contributed by atoms with Gasteiger partial charge in [0.2, 0.25) is 0 Å². The summed E-state index contributed by atoms with van der Waals surface area (Å²) in [4.78, 5) is 10.0. The van der Waals surface area contributed by atoms with Crippen LogP contribution >= 0.6 is 23.5 Å². The number of nitro benzene ring substituents is 1. The molecule has 0 aromatic heterocycles. The van der Waals surface area contributed by atoms with Crippen molar-refractivity contribution in [1.82, 2.24) is 0 Å². The Labute approximate surface area is 113 Å². The number of rotatable bonds is 4. The molecule has 1 heterocycles. The van der Waals surface area contributed by atoms with Gasteiger partial charge >= 0.3 is 0 Å². The molecule has 0 aliphatic carbocycles. The highest BCUT2D eigenvalue weighted by atomic mass is 32.2. The molecule has 1 aromatic carbocycles. The van der Waals surface area contributed by atoms with Gasteiger partial charge < -0.3 is 5.32 Å². The lowest BCUT2D eigenvalue weighted by atomic mass is 10.2. The second-order valence-corrected chi connectivity index (χ2v) is 6.46. The number of hydrogen-bond donors (Lipinski definition) is 1. The Bertz CT molecular complexity index is 439. The largest absolute Gasteiger partial charge is 0.384 e. The molecule has 1 atom stereocenters. The number of non-ortho nitro benzene ring substituents is 1. The van der Waals surface area contributed by atoms with Gasteiger partial charge in [-0.05, 0) is 6.07 Å². The number of benzene rings is 1. The van der Waals surface area contributed by atoms with E-state index in [0.717, 1.165) is 17.6 Å². The molecule has 1 unspecified atom stereocenters. The third-order valence-electron chi connectivity index (χ3n) is 2.51. The predicted octanol–water partition coefficient (Wildman–Crippen LogP) is 2.99. The first kappa shape index (κ1) is 13.5. The molecule has 1 aliphatic rings. The summed E-state index contributed by atoms with van der Waals surface area (Å²) in [6.45, 7) is 0.707. The van der Waals surface area contributed by atoms with Crippen LogP contribution in [0.25, 0.3) is 0 Å². The van der Waals surface area contributed by atoms with Gasteiger partial charge in [0.1, 0.15) is 5.82 Å². The van der Waals surface area contributed by atoms with E-state index in [2.05, 4.69) is 5.32 Å². The average molecular weight is 288 g/mol. The van der Waals surface area contributed by atoms with Crippen molar-refractivity contribution < 1.29 is 9.31 Å². The first-order chi connectivity index (χ1) is 8.65. The van der Waals surface area contributed by atoms with Crippen molar-refractivity contribution in [2.75, 3.05) is 29.1 Å². The number of anilines is 1. The molecule has 0 saturated carbocycles. The average Bonchev–Trinajstić information content (AvgIpc) is 2.37. The van der Waals surface area contributed by atoms with Crippen LogP contribution in [0, 0.1) is 15.9 Å². The van der Waals surface area contributed by atoms with Gasteiger partial charge in [0.25, 0.3) is 5.69 Å². The van der Waals surface area contributed by atoms with E-state index in [4.69, 9.17) is 0 Å². The highest BCUT2D eigenvalue weighted by Crippen LogP contribution is 2.25. The van der Waals surface area contributed by atoms with Crippen LogP contribution in [0.5, 0.6) is 0 Å². The number of thioether (sulfide) groups is 2. The monoisotopic (exact) mass is 288 g/mol. The maximum Gasteiger partial charge on any atom is 0.274 e. The number of hydrogen-bond acceptors (Lipinski definition) is 5. The lowest BCUT2D eigenvalue weighted by Gasteiger charge is -2.21. The van der Waals surface area contributed by atoms with E-state index < -0.39 is 10.7 Å². The first-order valence-electron chi connectivity index (χ1n) is 5.53. The minimum Gasteiger partial charge on any atom is -0.384 e. The molecule has 1 N–H and O–H groups in total. The SMILES string of the molecule is O=[N+]([O-])c1cc(F)cc(NCC2CSCCS2)c1. The molecule has 98 valence electrons. The summed E-state index contributed by atoms with van der Waals surface area (Å²) in [5.74, 6) is 2.78. The van der Waals surface area contributed by atoms with Gasteiger partial charge in [-0.25, -0.2) is 4.39 Å². The normalized spacial score (nSPS) is 19.5. The van der Waals surface area contributed by atoms with Crippen molar-refractivity contribution in [3.8, 4) is 0 Å². The second-order valence-electron chi connectivity index (χ2n) is 3.90. The summed E-state index contributed by atoms with van der Waals surface area (Å²) in [6, 6.07) is 3.58. The van der Waals surface area contributed by atoms with E-state index in [0.29, 0.717) is 17.5 Å². The van der Waals surface area contributed by atoms with E-state index in [-0.39, 0.29) is 5.69 Å². The molecule has 1 aliphatic heterocycles. The van der Waals surface area contributed by atoms with Crippen LogP contribution in [-0.2, 0) is 0 Å². The molecule has 0 amide bonds. The first-order valence-corrected chi connectivity index (χ1v) is 7.74. The summed E-state index contributed by atoms with van der Waals surface area (Å²) in [5.41, 5.74) is 0.251. The van der Waals surface area contributed by atoms with E-state index >= 15 is 0 Å². The molecular weight excluding hydrogens is 275 g/mol. The number of nitrogens with one attached hydrogen (secondary N) is 1. The van der Waals surface area contributed by atoms with Crippen LogP contribution in [0.4, 0.5) is 15.8 Å². The number of nitro groups is 1. The molecule has 0 bridgehead atoms. The molecular formula is C11H13FN2O2S2. The topological polar surface area (TPSA) is 55.2 Å². The van der Waals surface area contributed by atoms with Gasteiger partial charge in [0.05, 0.1) is 11.0 Å². The Kier molecular flexibility index (Phi) is 4.71. The fourth-order valence-corrected chi connectivity index (χ4v) is 4.28. The molecule has 1 saturated heterocycles. The van der Waals surface area contributed by atoms with Crippen LogP contribution in [0.15, 0.2) is 18.2 Å². The Morgan fingerprint density at radius 3 is 2.94 bits per heavy atom. The summed E-state index contributed by atoms with van der Waals surface area (Å²) in [5, 5.41) is 14.2. The van der Waals surface area contributed by atoms with E-state index in [1.54, 1.807) is 0 Å².